The van der Waals surface area contributed by atoms with E-state index in [1.807, 2.05) is 0 Å². The van der Waals surface area contributed by atoms with E-state index in [0.717, 1.165) is 0 Å². The van der Waals surface area contributed by atoms with Crippen molar-refractivity contribution in [1.29, 1.82) is 0 Å². The Kier molecular flexibility index (Phi) is 6.97. The van der Waals surface area contributed by atoms with Crippen LogP contribution in [0.2, 0.25) is 10.0 Å². The van der Waals surface area contributed by atoms with Crippen LogP contribution in [0.1, 0.15) is 0 Å². The van der Waals surface area contributed by atoms with Crippen molar-refractivity contribution in [3.8, 4) is 0 Å². The highest BCUT2D eigenvalue weighted by Gasteiger charge is 2.28. The Balaban J connectivity index is 3.29. The highest BCUT2D eigenvalue weighted by Crippen LogP contribution is 2.34. The summed E-state index contributed by atoms with van der Waals surface area (Å²) in [6, 6.07) is 2.98. The zero-order valence-corrected chi connectivity index (χ0v) is 14.7. The van der Waals surface area contributed by atoms with Gasteiger partial charge in [-0.1, -0.05) is 45.2 Å². The van der Waals surface area contributed by atoms with Crippen molar-refractivity contribution in [2.75, 3.05) is 26.8 Å². The lowest BCUT2D eigenvalue weighted by molar-refractivity contribution is 0.182. The Hall–Kier alpha value is -0.110. The first-order valence-electron chi connectivity index (χ1n) is 5.59. The van der Waals surface area contributed by atoms with Crippen molar-refractivity contribution in [2.24, 2.45) is 0 Å². The molecule has 0 heterocycles. The van der Waals surface area contributed by atoms with E-state index >= 15 is 0 Å². The van der Waals surface area contributed by atoms with E-state index < -0.39 is 10.0 Å². The van der Waals surface area contributed by atoms with Crippen molar-refractivity contribution in [1.82, 2.24) is 4.31 Å². The monoisotopic (exact) mass is 401 g/mol. The molecule has 0 aliphatic carbocycles. The molecule has 0 saturated heterocycles. The van der Waals surface area contributed by atoms with Crippen LogP contribution in [0.5, 0.6) is 0 Å². The summed E-state index contributed by atoms with van der Waals surface area (Å²) in [6.45, 7) is 4.15. The summed E-state index contributed by atoms with van der Waals surface area (Å²) in [5.74, 6) is 0. The molecule has 0 radical (unpaired) electrons. The lowest BCUT2D eigenvalue weighted by Crippen LogP contribution is -2.34. The Morgan fingerprint density at radius 2 is 1.95 bits per heavy atom. The second-order valence-corrected chi connectivity index (χ2v) is 7.45. The number of benzene rings is 1. The van der Waals surface area contributed by atoms with E-state index in [2.05, 4.69) is 22.5 Å². The smallest absolute Gasteiger partial charge is 0.246 e. The van der Waals surface area contributed by atoms with Crippen molar-refractivity contribution in [2.45, 2.75) is 4.90 Å². The van der Waals surface area contributed by atoms with Crippen LogP contribution in [-0.4, -0.2) is 39.5 Å². The first-order chi connectivity index (χ1) is 9.34. The van der Waals surface area contributed by atoms with Gasteiger partial charge in [0, 0.05) is 24.7 Å². The van der Waals surface area contributed by atoms with Crippen LogP contribution in [0.3, 0.4) is 0 Å². The molecule has 0 amide bonds. The van der Waals surface area contributed by atoms with Crippen LogP contribution >= 0.6 is 39.1 Å². The molecule has 0 saturated carbocycles. The number of halogens is 3. The van der Waals surface area contributed by atoms with Gasteiger partial charge in [0.2, 0.25) is 10.0 Å². The minimum atomic E-state index is -3.82. The third-order valence-corrected chi connectivity index (χ3v) is 5.68. The van der Waals surface area contributed by atoms with Gasteiger partial charge < -0.3 is 4.74 Å². The van der Waals surface area contributed by atoms with Crippen LogP contribution in [0.15, 0.2) is 34.2 Å². The third-order valence-electron chi connectivity index (χ3n) is 2.44. The second kappa shape index (κ2) is 7.77. The molecule has 0 bridgehead atoms. The number of hydrogen-bond donors (Lipinski definition) is 0. The zero-order valence-electron chi connectivity index (χ0n) is 10.8. The van der Waals surface area contributed by atoms with Crippen molar-refractivity contribution >= 4 is 49.2 Å². The van der Waals surface area contributed by atoms with Crippen LogP contribution in [0.4, 0.5) is 0 Å². The second-order valence-electron chi connectivity index (χ2n) is 3.84. The minimum absolute atomic E-state index is 0.0656. The molecule has 0 aromatic heterocycles. The summed E-state index contributed by atoms with van der Waals surface area (Å²) in [6.07, 6.45) is 1.49. The van der Waals surface area contributed by atoms with E-state index in [9.17, 15) is 8.42 Å². The number of nitrogens with zero attached hydrogens (tertiary/aromatic N) is 1. The largest absolute Gasteiger partial charge is 0.383 e. The third kappa shape index (κ3) is 4.19. The molecular formula is C12H14BrCl2NO3S. The lowest BCUT2D eigenvalue weighted by atomic mass is 10.4. The molecular weight excluding hydrogens is 389 g/mol. The molecule has 8 heteroatoms. The maximum Gasteiger partial charge on any atom is 0.246 e. The van der Waals surface area contributed by atoms with Gasteiger partial charge in [-0.05, 0) is 12.1 Å². The summed E-state index contributed by atoms with van der Waals surface area (Å²) >= 11 is 15.3. The molecule has 0 unspecified atom stereocenters. The maximum absolute atomic E-state index is 12.6. The van der Waals surface area contributed by atoms with E-state index in [1.165, 1.54) is 29.6 Å². The number of hydrogen-bond acceptors (Lipinski definition) is 3. The Morgan fingerprint density at radius 1 is 1.40 bits per heavy atom. The fourth-order valence-corrected chi connectivity index (χ4v) is 4.83. The summed E-state index contributed by atoms with van der Waals surface area (Å²) in [5, 5.41) is 0.131. The lowest BCUT2D eigenvalue weighted by Gasteiger charge is -2.21. The summed E-state index contributed by atoms with van der Waals surface area (Å²) in [7, 11) is -2.32. The number of methoxy groups -OCH3 is 1. The standard InChI is InChI=1S/C12H14BrCl2NO3S/c1-3-4-16(5-6-19-2)20(17,18)12-10(14)7-9(13)8-11(12)15/h3,7-8H,1,4-6H2,2H3. The summed E-state index contributed by atoms with van der Waals surface area (Å²) in [4.78, 5) is -0.109. The van der Waals surface area contributed by atoms with Gasteiger partial charge in [-0.2, -0.15) is 4.31 Å². The van der Waals surface area contributed by atoms with Gasteiger partial charge >= 0.3 is 0 Å². The van der Waals surface area contributed by atoms with Crippen LogP contribution < -0.4 is 0 Å². The van der Waals surface area contributed by atoms with Gasteiger partial charge in [0.25, 0.3) is 0 Å². The molecule has 4 nitrogen and oxygen atoms in total. The number of sulfonamides is 1. The summed E-state index contributed by atoms with van der Waals surface area (Å²) < 4.78 is 32.0. The molecule has 112 valence electrons. The first-order valence-corrected chi connectivity index (χ1v) is 8.58. The quantitative estimate of drug-likeness (QED) is 0.655. The van der Waals surface area contributed by atoms with Crippen molar-refractivity contribution < 1.29 is 13.2 Å². The SMILES string of the molecule is C=CCN(CCOC)S(=O)(=O)c1c(Cl)cc(Br)cc1Cl. The summed E-state index contributed by atoms with van der Waals surface area (Å²) in [5.41, 5.74) is 0. The average Bonchev–Trinajstić information content (AvgIpc) is 2.32. The zero-order chi connectivity index (χ0) is 15.3. The molecule has 0 aliphatic rings. The molecule has 0 atom stereocenters. The van der Waals surface area contributed by atoms with Gasteiger partial charge in [-0.25, -0.2) is 8.42 Å². The van der Waals surface area contributed by atoms with Crippen LogP contribution in [-0.2, 0) is 14.8 Å². The van der Waals surface area contributed by atoms with Gasteiger partial charge in [-0.3, -0.25) is 0 Å². The Morgan fingerprint density at radius 3 is 2.40 bits per heavy atom. The minimum Gasteiger partial charge on any atom is -0.383 e. The maximum atomic E-state index is 12.6. The van der Waals surface area contributed by atoms with Gasteiger partial charge in [0.1, 0.15) is 4.90 Å². The van der Waals surface area contributed by atoms with Crippen molar-refractivity contribution in [3.63, 3.8) is 0 Å². The number of rotatable bonds is 7. The molecule has 1 aromatic rings. The van der Waals surface area contributed by atoms with Crippen molar-refractivity contribution in [3.05, 3.63) is 39.3 Å². The predicted octanol–water partition coefficient (Wildman–Crippen LogP) is 3.58. The van der Waals surface area contributed by atoms with E-state index in [-0.39, 0.29) is 34.6 Å². The van der Waals surface area contributed by atoms with Gasteiger partial charge in [0.05, 0.1) is 16.7 Å². The molecule has 20 heavy (non-hydrogen) atoms. The van der Waals surface area contributed by atoms with Crippen LogP contribution in [0.25, 0.3) is 0 Å². The van der Waals surface area contributed by atoms with Gasteiger partial charge in [0.15, 0.2) is 0 Å². The predicted molar refractivity (Wildman–Crippen MR) is 85.0 cm³/mol. The Labute approximate surface area is 137 Å². The average molecular weight is 403 g/mol. The van der Waals surface area contributed by atoms with E-state index in [4.69, 9.17) is 27.9 Å². The molecule has 0 fully saturated rings. The highest BCUT2D eigenvalue weighted by atomic mass is 79.9. The fraction of sp³-hybridized carbons (Fsp3) is 0.333. The molecule has 0 spiro atoms. The molecule has 1 rings (SSSR count). The first kappa shape index (κ1) is 17.9. The van der Waals surface area contributed by atoms with Gasteiger partial charge in [-0.15, -0.1) is 6.58 Å². The topological polar surface area (TPSA) is 46.6 Å². The fourth-order valence-electron chi connectivity index (χ4n) is 1.55. The van der Waals surface area contributed by atoms with E-state index in [1.54, 1.807) is 0 Å². The van der Waals surface area contributed by atoms with Crippen LogP contribution in [0, 0.1) is 0 Å². The number of ether oxygens (including phenoxy) is 1. The molecule has 0 aliphatic heterocycles. The van der Waals surface area contributed by atoms with E-state index in [0.29, 0.717) is 4.47 Å². The Bertz CT molecular complexity index is 569. The highest BCUT2D eigenvalue weighted by molar-refractivity contribution is 9.10. The molecule has 0 N–H and O–H groups in total. The molecule has 1 aromatic carbocycles. The normalized spacial score (nSPS) is 11.8.